The number of nitrogens with zero attached hydrogens (tertiary/aromatic N) is 1. The van der Waals surface area contributed by atoms with Crippen molar-refractivity contribution in [1.82, 2.24) is 10.2 Å². The smallest absolute Gasteiger partial charge is 0.252 e. The summed E-state index contributed by atoms with van der Waals surface area (Å²) in [6.07, 6.45) is 0.908. The van der Waals surface area contributed by atoms with Crippen LogP contribution >= 0.6 is 0 Å². The van der Waals surface area contributed by atoms with Gasteiger partial charge in [0.25, 0.3) is 5.91 Å². The highest BCUT2D eigenvalue weighted by atomic mass is 16.2. The molecule has 0 heterocycles. The van der Waals surface area contributed by atoms with E-state index in [0.717, 1.165) is 13.0 Å². The van der Waals surface area contributed by atoms with Crippen molar-refractivity contribution in [3.63, 3.8) is 0 Å². The summed E-state index contributed by atoms with van der Waals surface area (Å²) in [6, 6.07) is 7.68. The minimum absolute atomic E-state index is 0.120. The van der Waals surface area contributed by atoms with Crippen molar-refractivity contribution in [2.24, 2.45) is 0 Å². The first kappa shape index (κ1) is 17.2. The summed E-state index contributed by atoms with van der Waals surface area (Å²) in [7, 11) is 2.08. The van der Waals surface area contributed by atoms with E-state index in [-0.39, 0.29) is 12.5 Å². The van der Waals surface area contributed by atoms with E-state index in [2.05, 4.69) is 43.0 Å². The molecular weight excluding hydrogens is 264 g/mol. The molecule has 1 rings (SSSR count). The number of aliphatic hydroxyl groups is 1. The van der Waals surface area contributed by atoms with Crippen LogP contribution in [0.2, 0.25) is 0 Å². The maximum Gasteiger partial charge on any atom is 0.252 e. The van der Waals surface area contributed by atoms with Gasteiger partial charge in [0, 0.05) is 18.2 Å². The van der Waals surface area contributed by atoms with Crippen molar-refractivity contribution >= 4 is 5.91 Å². The molecule has 0 saturated carbocycles. The Balaban J connectivity index is 2.53. The topological polar surface area (TPSA) is 52.6 Å². The molecule has 0 saturated heterocycles. The standard InChI is InChI=1S/C17H24N2O2/c1-14(2)19(3)12-7-11-18-17(21)16-10-5-4-8-15(16)9-6-13-20/h4-5,8,10,14,20H,7,11-13H2,1-3H3,(H,18,21). The molecule has 0 aliphatic heterocycles. The summed E-state index contributed by atoms with van der Waals surface area (Å²) in [6.45, 7) is 5.67. The van der Waals surface area contributed by atoms with Crippen molar-refractivity contribution in [2.45, 2.75) is 26.3 Å². The number of benzene rings is 1. The Bertz CT molecular complexity index is 515. The SMILES string of the molecule is CC(C)N(C)CCCNC(=O)c1ccccc1C#CCO. The number of hydrogen-bond acceptors (Lipinski definition) is 3. The van der Waals surface area contributed by atoms with E-state index in [1.54, 1.807) is 12.1 Å². The summed E-state index contributed by atoms with van der Waals surface area (Å²) >= 11 is 0. The summed E-state index contributed by atoms with van der Waals surface area (Å²) in [5.74, 6) is 5.25. The monoisotopic (exact) mass is 288 g/mol. The lowest BCUT2D eigenvalue weighted by Crippen LogP contribution is -2.31. The Morgan fingerprint density at radius 3 is 2.76 bits per heavy atom. The van der Waals surface area contributed by atoms with Crippen LogP contribution in [0.3, 0.4) is 0 Å². The number of carbonyl (C=O) groups excluding carboxylic acids is 1. The summed E-state index contributed by atoms with van der Waals surface area (Å²) in [4.78, 5) is 14.4. The van der Waals surface area contributed by atoms with Gasteiger partial charge in [-0.1, -0.05) is 24.0 Å². The van der Waals surface area contributed by atoms with Crippen LogP contribution in [-0.2, 0) is 0 Å². The Kier molecular flexibility index (Phi) is 7.52. The predicted octanol–water partition coefficient (Wildman–Crippen LogP) is 1.49. The second-order valence-electron chi connectivity index (χ2n) is 5.19. The largest absolute Gasteiger partial charge is 0.384 e. The number of rotatable bonds is 6. The Morgan fingerprint density at radius 2 is 2.10 bits per heavy atom. The Morgan fingerprint density at radius 1 is 1.38 bits per heavy atom. The number of carbonyl (C=O) groups is 1. The van der Waals surface area contributed by atoms with E-state index in [9.17, 15) is 4.79 Å². The van der Waals surface area contributed by atoms with E-state index in [1.807, 2.05) is 12.1 Å². The maximum absolute atomic E-state index is 12.2. The van der Waals surface area contributed by atoms with Crippen molar-refractivity contribution in [2.75, 3.05) is 26.7 Å². The van der Waals surface area contributed by atoms with Crippen LogP contribution in [-0.4, -0.2) is 48.7 Å². The Hall–Kier alpha value is -1.83. The average Bonchev–Trinajstić information content (AvgIpc) is 2.49. The minimum atomic E-state index is -0.211. The zero-order chi connectivity index (χ0) is 15.7. The quantitative estimate of drug-likeness (QED) is 0.616. The molecule has 0 aliphatic rings. The van der Waals surface area contributed by atoms with Crippen LogP contribution in [0.15, 0.2) is 24.3 Å². The molecule has 0 unspecified atom stereocenters. The number of nitrogens with one attached hydrogen (secondary N) is 1. The first-order valence-corrected chi connectivity index (χ1v) is 7.23. The third-order valence-corrected chi connectivity index (χ3v) is 3.33. The third-order valence-electron chi connectivity index (χ3n) is 3.33. The molecule has 114 valence electrons. The van der Waals surface area contributed by atoms with Gasteiger partial charge in [-0.3, -0.25) is 4.79 Å². The lowest BCUT2D eigenvalue weighted by atomic mass is 10.1. The lowest BCUT2D eigenvalue weighted by Gasteiger charge is -2.20. The number of amides is 1. The van der Waals surface area contributed by atoms with E-state index >= 15 is 0 Å². The van der Waals surface area contributed by atoms with E-state index in [0.29, 0.717) is 23.7 Å². The van der Waals surface area contributed by atoms with Gasteiger partial charge in [0.15, 0.2) is 0 Å². The first-order chi connectivity index (χ1) is 10.1. The fourth-order valence-corrected chi connectivity index (χ4v) is 1.81. The maximum atomic E-state index is 12.2. The fraction of sp³-hybridized carbons (Fsp3) is 0.471. The molecule has 0 bridgehead atoms. The van der Waals surface area contributed by atoms with Crippen LogP contribution in [0, 0.1) is 11.8 Å². The van der Waals surface area contributed by atoms with Gasteiger partial charge in [0.05, 0.1) is 5.56 Å². The van der Waals surface area contributed by atoms with Gasteiger partial charge in [0.2, 0.25) is 0 Å². The van der Waals surface area contributed by atoms with Crippen molar-refractivity contribution in [3.8, 4) is 11.8 Å². The molecule has 4 heteroatoms. The summed E-state index contributed by atoms with van der Waals surface area (Å²) < 4.78 is 0. The average molecular weight is 288 g/mol. The fourth-order valence-electron chi connectivity index (χ4n) is 1.81. The van der Waals surface area contributed by atoms with Gasteiger partial charge >= 0.3 is 0 Å². The van der Waals surface area contributed by atoms with Crippen LogP contribution in [0.25, 0.3) is 0 Å². The molecule has 21 heavy (non-hydrogen) atoms. The van der Waals surface area contributed by atoms with Crippen LogP contribution in [0.5, 0.6) is 0 Å². The highest BCUT2D eigenvalue weighted by Gasteiger charge is 2.09. The van der Waals surface area contributed by atoms with E-state index in [4.69, 9.17) is 5.11 Å². The lowest BCUT2D eigenvalue weighted by molar-refractivity contribution is 0.0951. The van der Waals surface area contributed by atoms with Crippen LogP contribution < -0.4 is 5.32 Å². The van der Waals surface area contributed by atoms with E-state index in [1.165, 1.54) is 0 Å². The van der Waals surface area contributed by atoms with Crippen molar-refractivity contribution in [1.29, 1.82) is 0 Å². The molecule has 4 nitrogen and oxygen atoms in total. The molecule has 1 amide bonds. The molecule has 0 aromatic heterocycles. The molecule has 2 N–H and O–H groups in total. The minimum Gasteiger partial charge on any atom is -0.384 e. The van der Waals surface area contributed by atoms with Gasteiger partial charge < -0.3 is 15.3 Å². The molecule has 1 aromatic carbocycles. The number of aliphatic hydroxyl groups excluding tert-OH is 1. The molecule has 0 fully saturated rings. The molecule has 0 radical (unpaired) electrons. The Labute approximate surface area is 127 Å². The second-order valence-corrected chi connectivity index (χ2v) is 5.19. The van der Waals surface area contributed by atoms with Crippen molar-refractivity contribution in [3.05, 3.63) is 35.4 Å². The highest BCUT2D eigenvalue weighted by molar-refractivity contribution is 5.96. The normalized spacial score (nSPS) is 10.4. The molecule has 0 atom stereocenters. The number of hydrogen-bond donors (Lipinski definition) is 2. The van der Waals surface area contributed by atoms with Crippen molar-refractivity contribution < 1.29 is 9.90 Å². The molecular formula is C17H24N2O2. The summed E-state index contributed by atoms with van der Waals surface area (Å²) in [5.41, 5.74) is 1.19. The zero-order valence-corrected chi connectivity index (χ0v) is 13.0. The molecule has 0 spiro atoms. The molecule has 1 aromatic rings. The highest BCUT2D eigenvalue weighted by Crippen LogP contribution is 2.07. The van der Waals surface area contributed by atoms with E-state index < -0.39 is 0 Å². The van der Waals surface area contributed by atoms with Gasteiger partial charge in [-0.2, -0.15) is 0 Å². The predicted molar refractivity (Wildman–Crippen MR) is 85.1 cm³/mol. The third kappa shape index (κ3) is 5.99. The van der Waals surface area contributed by atoms with Gasteiger partial charge in [0.1, 0.15) is 6.61 Å². The first-order valence-electron chi connectivity index (χ1n) is 7.23. The van der Waals surface area contributed by atoms with Crippen LogP contribution in [0.1, 0.15) is 36.2 Å². The second kappa shape index (κ2) is 9.17. The van der Waals surface area contributed by atoms with Gasteiger partial charge in [-0.15, -0.1) is 0 Å². The van der Waals surface area contributed by atoms with Gasteiger partial charge in [-0.05, 0) is 46.0 Å². The summed E-state index contributed by atoms with van der Waals surface area (Å²) in [5, 5.41) is 11.7. The van der Waals surface area contributed by atoms with Gasteiger partial charge in [-0.25, -0.2) is 0 Å². The zero-order valence-electron chi connectivity index (χ0n) is 13.0. The van der Waals surface area contributed by atoms with Crippen LogP contribution in [0.4, 0.5) is 0 Å². The molecule has 0 aliphatic carbocycles.